The Morgan fingerprint density at radius 3 is 2.91 bits per heavy atom. The lowest BCUT2D eigenvalue weighted by Crippen LogP contribution is -2.05. The topological polar surface area (TPSA) is 53.6 Å². The zero-order valence-electron chi connectivity index (χ0n) is 11.5. The van der Waals surface area contributed by atoms with Gasteiger partial charge in [0.25, 0.3) is 0 Å². The maximum Gasteiger partial charge on any atom is 0.133 e. The predicted molar refractivity (Wildman–Crippen MR) is 88.8 cm³/mol. The van der Waals surface area contributed by atoms with Crippen LogP contribution in [-0.2, 0) is 6.42 Å². The Kier molecular flexibility index (Phi) is 3.14. The lowest BCUT2D eigenvalue weighted by atomic mass is 10.2. The fraction of sp³-hybridized carbons (Fsp3) is 0.125. The number of thiophene rings is 1. The van der Waals surface area contributed by atoms with Crippen LogP contribution in [0.5, 0.6) is 0 Å². The third-order valence-corrected chi connectivity index (χ3v) is 4.95. The second kappa shape index (κ2) is 5.16. The molecule has 1 aromatic carbocycles. The summed E-state index contributed by atoms with van der Waals surface area (Å²) in [6.07, 6.45) is 0.926. The van der Waals surface area contributed by atoms with E-state index in [0.717, 1.165) is 39.4 Å². The molecule has 4 rings (SSSR count). The standard InChI is InChI=1S/C16H11ClN4S/c17-14-6-5-13(22-14)15-11-7-8-19-16(11)21(20-15)12-4-2-1-3-10(12)9-18/h1-6,19H,7-8H2. The third kappa shape index (κ3) is 2.00. The van der Waals surface area contributed by atoms with E-state index < -0.39 is 0 Å². The Bertz CT molecular complexity index is 903. The molecule has 0 saturated carbocycles. The van der Waals surface area contributed by atoms with Crippen molar-refractivity contribution in [1.29, 1.82) is 5.26 Å². The number of para-hydroxylation sites is 1. The molecule has 0 aliphatic carbocycles. The van der Waals surface area contributed by atoms with Gasteiger partial charge in [0.2, 0.25) is 0 Å². The number of nitrogens with one attached hydrogen (secondary N) is 1. The quantitative estimate of drug-likeness (QED) is 0.771. The molecule has 0 radical (unpaired) electrons. The normalized spacial score (nSPS) is 12.7. The molecule has 3 heterocycles. The lowest BCUT2D eigenvalue weighted by molar-refractivity contribution is 0.880. The fourth-order valence-corrected chi connectivity index (χ4v) is 3.80. The number of benzene rings is 1. The zero-order chi connectivity index (χ0) is 15.1. The Morgan fingerprint density at radius 1 is 1.27 bits per heavy atom. The molecular weight excluding hydrogens is 316 g/mol. The number of aromatic nitrogens is 2. The lowest BCUT2D eigenvalue weighted by Gasteiger charge is -2.07. The highest BCUT2D eigenvalue weighted by Gasteiger charge is 2.25. The summed E-state index contributed by atoms with van der Waals surface area (Å²) in [7, 11) is 0. The molecule has 1 aliphatic heterocycles. The summed E-state index contributed by atoms with van der Waals surface area (Å²) in [5.41, 5.74) is 3.54. The second-order valence-corrected chi connectivity index (χ2v) is 6.71. The molecule has 22 heavy (non-hydrogen) atoms. The van der Waals surface area contributed by atoms with Crippen LogP contribution in [0.4, 0.5) is 5.82 Å². The fourth-order valence-electron chi connectivity index (χ4n) is 2.74. The van der Waals surface area contributed by atoms with Crippen molar-refractivity contribution < 1.29 is 0 Å². The van der Waals surface area contributed by atoms with Gasteiger partial charge in [0.1, 0.15) is 17.6 Å². The van der Waals surface area contributed by atoms with Crippen LogP contribution >= 0.6 is 22.9 Å². The van der Waals surface area contributed by atoms with Gasteiger partial charge in [-0.3, -0.25) is 0 Å². The van der Waals surface area contributed by atoms with Gasteiger partial charge in [-0.05, 0) is 30.7 Å². The minimum absolute atomic E-state index is 0.609. The van der Waals surface area contributed by atoms with E-state index in [1.807, 2.05) is 35.0 Å². The van der Waals surface area contributed by atoms with Crippen molar-refractivity contribution in [1.82, 2.24) is 9.78 Å². The van der Waals surface area contributed by atoms with E-state index >= 15 is 0 Å². The first-order valence-corrected chi connectivity index (χ1v) is 8.08. The van der Waals surface area contributed by atoms with Gasteiger partial charge in [-0.2, -0.15) is 10.4 Å². The highest BCUT2D eigenvalue weighted by molar-refractivity contribution is 7.19. The van der Waals surface area contributed by atoms with Gasteiger partial charge in [0.15, 0.2) is 0 Å². The van der Waals surface area contributed by atoms with Crippen molar-refractivity contribution in [3.63, 3.8) is 0 Å². The van der Waals surface area contributed by atoms with Crippen LogP contribution in [0.2, 0.25) is 4.34 Å². The molecule has 1 aliphatic rings. The summed E-state index contributed by atoms with van der Waals surface area (Å²) < 4.78 is 2.59. The molecular formula is C16H11ClN4S. The third-order valence-electron chi connectivity index (χ3n) is 3.71. The van der Waals surface area contributed by atoms with E-state index in [9.17, 15) is 5.26 Å². The van der Waals surface area contributed by atoms with Crippen LogP contribution in [0.15, 0.2) is 36.4 Å². The summed E-state index contributed by atoms with van der Waals surface area (Å²) in [5, 5.41) is 17.5. The average molecular weight is 327 g/mol. The highest BCUT2D eigenvalue weighted by Crippen LogP contribution is 2.38. The molecule has 1 N–H and O–H groups in total. The second-order valence-electron chi connectivity index (χ2n) is 5.00. The monoisotopic (exact) mass is 326 g/mol. The molecule has 4 nitrogen and oxygen atoms in total. The van der Waals surface area contributed by atoms with Crippen LogP contribution < -0.4 is 5.32 Å². The molecule has 108 valence electrons. The average Bonchev–Trinajstić information content (AvgIpc) is 3.23. The largest absolute Gasteiger partial charge is 0.369 e. The van der Waals surface area contributed by atoms with Crippen LogP contribution in [-0.4, -0.2) is 16.3 Å². The first kappa shape index (κ1) is 13.4. The minimum atomic E-state index is 0.609. The Hall–Kier alpha value is -2.29. The number of hydrogen-bond donors (Lipinski definition) is 1. The van der Waals surface area contributed by atoms with E-state index in [1.165, 1.54) is 16.9 Å². The van der Waals surface area contributed by atoms with Gasteiger partial charge in [-0.25, -0.2) is 4.68 Å². The number of rotatable bonds is 2. The Morgan fingerprint density at radius 2 is 2.14 bits per heavy atom. The molecule has 3 aromatic rings. The van der Waals surface area contributed by atoms with E-state index in [2.05, 4.69) is 11.4 Å². The van der Waals surface area contributed by atoms with Gasteiger partial charge in [-0.1, -0.05) is 23.7 Å². The van der Waals surface area contributed by atoms with Gasteiger partial charge in [0.05, 0.1) is 20.5 Å². The van der Waals surface area contributed by atoms with E-state index in [4.69, 9.17) is 16.7 Å². The zero-order valence-corrected chi connectivity index (χ0v) is 13.1. The number of nitrogens with zero attached hydrogens (tertiary/aromatic N) is 3. The molecule has 0 saturated heterocycles. The summed E-state index contributed by atoms with van der Waals surface area (Å²) in [5.74, 6) is 0.974. The SMILES string of the molecule is N#Cc1ccccc1-n1nc(-c2ccc(Cl)s2)c2c1NCC2. The first-order valence-electron chi connectivity index (χ1n) is 6.89. The van der Waals surface area contributed by atoms with Gasteiger partial charge in [0, 0.05) is 12.1 Å². The molecule has 0 atom stereocenters. The van der Waals surface area contributed by atoms with Crippen molar-refractivity contribution in [2.75, 3.05) is 11.9 Å². The van der Waals surface area contributed by atoms with Crippen molar-refractivity contribution >= 4 is 28.8 Å². The van der Waals surface area contributed by atoms with Crippen LogP contribution in [0.25, 0.3) is 16.3 Å². The summed E-state index contributed by atoms with van der Waals surface area (Å²) in [4.78, 5) is 1.05. The first-order chi connectivity index (χ1) is 10.8. The van der Waals surface area contributed by atoms with E-state index in [1.54, 1.807) is 6.07 Å². The Balaban J connectivity index is 1.94. The van der Waals surface area contributed by atoms with Crippen molar-refractivity contribution in [2.24, 2.45) is 0 Å². The molecule has 0 spiro atoms. The summed E-state index contributed by atoms with van der Waals surface area (Å²) in [6, 6.07) is 13.6. The number of anilines is 1. The number of nitriles is 1. The molecule has 0 amide bonds. The van der Waals surface area contributed by atoms with E-state index in [-0.39, 0.29) is 0 Å². The molecule has 0 unspecified atom stereocenters. The number of halogens is 1. The predicted octanol–water partition coefficient (Wildman–Crippen LogP) is 4.09. The van der Waals surface area contributed by atoms with Crippen LogP contribution in [0, 0.1) is 11.3 Å². The van der Waals surface area contributed by atoms with E-state index in [0.29, 0.717) is 5.56 Å². The summed E-state index contributed by atoms with van der Waals surface area (Å²) in [6.45, 7) is 0.883. The van der Waals surface area contributed by atoms with Crippen molar-refractivity contribution in [3.05, 3.63) is 51.9 Å². The van der Waals surface area contributed by atoms with Crippen molar-refractivity contribution in [3.8, 4) is 22.3 Å². The smallest absolute Gasteiger partial charge is 0.133 e. The molecule has 0 fully saturated rings. The molecule has 6 heteroatoms. The van der Waals surface area contributed by atoms with Crippen LogP contribution in [0.1, 0.15) is 11.1 Å². The molecule has 0 bridgehead atoms. The van der Waals surface area contributed by atoms with Crippen molar-refractivity contribution in [2.45, 2.75) is 6.42 Å². The van der Waals surface area contributed by atoms with Gasteiger partial charge >= 0.3 is 0 Å². The number of hydrogen-bond acceptors (Lipinski definition) is 4. The molecule has 2 aromatic heterocycles. The van der Waals surface area contributed by atoms with Gasteiger partial charge in [-0.15, -0.1) is 11.3 Å². The number of fused-ring (bicyclic) bond motifs is 1. The maximum atomic E-state index is 9.33. The minimum Gasteiger partial charge on any atom is -0.369 e. The van der Waals surface area contributed by atoms with Crippen LogP contribution in [0.3, 0.4) is 0 Å². The Labute approximate surface area is 136 Å². The maximum absolute atomic E-state index is 9.33. The summed E-state index contributed by atoms with van der Waals surface area (Å²) >= 11 is 7.58. The van der Waals surface area contributed by atoms with Gasteiger partial charge < -0.3 is 5.32 Å². The highest BCUT2D eigenvalue weighted by atomic mass is 35.5.